The summed E-state index contributed by atoms with van der Waals surface area (Å²) in [5.41, 5.74) is 2.24. The lowest BCUT2D eigenvalue weighted by molar-refractivity contribution is -0.140. The number of nitrogens with one attached hydrogen (secondary N) is 1. The number of anilines is 1. The number of carbonyl (C=O) groups is 2. The van der Waals surface area contributed by atoms with Gasteiger partial charge in [-0.1, -0.05) is 74.2 Å². The summed E-state index contributed by atoms with van der Waals surface area (Å²) in [6.45, 7) is 5.91. The first-order valence-electron chi connectivity index (χ1n) is 15.2. The van der Waals surface area contributed by atoms with E-state index in [1.165, 1.54) is 23.5 Å². The van der Waals surface area contributed by atoms with Crippen LogP contribution in [-0.4, -0.2) is 50.4 Å². The summed E-state index contributed by atoms with van der Waals surface area (Å²) in [5.74, 6) is -0.0596. The van der Waals surface area contributed by atoms with Crippen molar-refractivity contribution in [2.45, 2.75) is 82.8 Å². The van der Waals surface area contributed by atoms with E-state index in [4.69, 9.17) is 4.74 Å². The van der Waals surface area contributed by atoms with E-state index < -0.39 is 28.5 Å². The number of nitrogens with zero attached hydrogens (tertiary/aromatic N) is 2. The quantitative estimate of drug-likeness (QED) is 0.264. The van der Waals surface area contributed by atoms with E-state index in [0.29, 0.717) is 24.5 Å². The Morgan fingerprint density at radius 2 is 1.63 bits per heavy atom. The molecule has 1 aliphatic carbocycles. The molecule has 0 radical (unpaired) electrons. The molecule has 9 heteroatoms. The van der Waals surface area contributed by atoms with Crippen LogP contribution in [0.5, 0.6) is 5.75 Å². The van der Waals surface area contributed by atoms with Gasteiger partial charge in [-0.05, 0) is 75.1 Å². The Morgan fingerprint density at radius 3 is 2.26 bits per heavy atom. The van der Waals surface area contributed by atoms with Crippen molar-refractivity contribution in [2.75, 3.05) is 17.5 Å². The highest BCUT2D eigenvalue weighted by Crippen LogP contribution is 2.27. The van der Waals surface area contributed by atoms with Gasteiger partial charge in [-0.2, -0.15) is 0 Å². The predicted molar refractivity (Wildman–Crippen MR) is 169 cm³/mol. The van der Waals surface area contributed by atoms with Gasteiger partial charge in [0.1, 0.15) is 18.3 Å². The molecule has 1 aliphatic rings. The van der Waals surface area contributed by atoms with Crippen molar-refractivity contribution in [3.63, 3.8) is 0 Å². The standard InChI is InChI=1S/C34H43N3O5S/c1-4-32(34(39)35-28-15-8-6-9-16-28)36(24-27-14-12-13-26(3)23-27)33(38)25-37(29-19-21-30(22-20-29)42-5-2)43(40,41)31-17-10-7-11-18-31/h7,10-14,17-23,28,32H,4-6,8-9,15-16,24-25H2,1-3H3,(H,35,39). The van der Waals surface area contributed by atoms with E-state index in [1.807, 2.05) is 45.0 Å². The lowest BCUT2D eigenvalue weighted by Crippen LogP contribution is -2.54. The Morgan fingerprint density at radius 1 is 0.930 bits per heavy atom. The van der Waals surface area contributed by atoms with Crippen molar-refractivity contribution in [3.8, 4) is 5.75 Å². The second-order valence-electron chi connectivity index (χ2n) is 11.0. The van der Waals surface area contributed by atoms with Gasteiger partial charge in [0, 0.05) is 12.6 Å². The van der Waals surface area contributed by atoms with Crippen molar-refractivity contribution in [2.24, 2.45) is 0 Å². The molecule has 8 nitrogen and oxygen atoms in total. The molecule has 0 bridgehead atoms. The molecule has 1 atom stereocenters. The van der Waals surface area contributed by atoms with Gasteiger partial charge in [-0.15, -0.1) is 0 Å². The Balaban J connectivity index is 1.70. The van der Waals surface area contributed by atoms with E-state index in [2.05, 4.69) is 5.32 Å². The van der Waals surface area contributed by atoms with Gasteiger partial charge < -0.3 is 15.0 Å². The molecule has 0 aromatic heterocycles. The van der Waals surface area contributed by atoms with Crippen LogP contribution in [0.3, 0.4) is 0 Å². The highest BCUT2D eigenvalue weighted by molar-refractivity contribution is 7.92. The Labute approximate surface area is 256 Å². The number of hydrogen-bond donors (Lipinski definition) is 1. The molecule has 0 spiro atoms. The minimum atomic E-state index is -4.12. The van der Waals surface area contributed by atoms with Crippen molar-refractivity contribution >= 4 is 27.5 Å². The maximum atomic E-state index is 14.3. The molecule has 1 N–H and O–H groups in total. The van der Waals surface area contributed by atoms with Gasteiger partial charge in [0.25, 0.3) is 10.0 Å². The molecule has 1 saturated carbocycles. The fraction of sp³-hybridized carbons (Fsp3) is 0.412. The van der Waals surface area contributed by atoms with Gasteiger partial charge in [0.05, 0.1) is 17.2 Å². The average molecular weight is 606 g/mol. The topological polar surface area (TPSA) is 96.0 Å². The zero-order chi connectivity index (χ0) is 30.8. The molecule has 1 unspecified atom stereocenters. The molecular formula is C34H43N3O5S. The Hall–Kier alpha value is -3.85. The van der Waals surface area contributed by atoms with Crippen LogP contribution in [0.25, 0.3) is 0 Å². The van der Waals surface area contributed by atoms with Crippen LogP contribution < -0.4 is 14.4 Å². The normalized spacial score (nSPS) is 14.5. The predicted octanol–water partition coefficient (Wildman–Crippen LogP) is 5.85. The first-order valence-corrected chi connectivity index (χ1v) is 16.6. The number of sulfonamides is 1. The van der Waals surface area contributed by atoms with Gasteiger partial charge in [-0.3, -0.25) is 13.9 Å². The van der Waals surface area contributed by atoms with Crippen LogP contribution in [0.15, 0.2) is 83.8 Å². The third-order valence-corrected chi connectivity index (χ3v) is 9.61. The van der Waals surface area contributed by atoms with Crippen LogP contribution in [0, 0.1) is 6.92 Å². The average Bonchev–Trinajstić information content (AvgIpc) is 3.01. The SMILES string of the molecule is CCOc1ccc(N(CC(=O)N(Cc2cccc(C)c2)C(CC)C(=O)NC2CCCCC2)S(=O)(=O)c2ccccc2)cc1. The maximum absolute atomic E-state index is 14.3. The van der Waals surface area contributed by atoms with E-state index in [0.717, 1.165) is 41.1 Å². The highest BCUT2D eigenvalue weighted by Gasteiger charge is 2.34. The van der Waals surface area contributed by atoms with E-state index in [-0.39, 0.29) is 23.4 Å². The number of rotatable bonds is 13. The van der Waals surface area contributed by atoms with Crippen LogP contribution in [0.2, 0.25) is 0 Å². The van der Waals surface area contributed by atoms with Crippen LogP contribution in [-0.2, 0) is 26.2 Å². The number of amides is 2. The largest absolute Gasteiger partial charge is 0.494 e. The molecule has 1 fully saturated rings. The summed E-state index contributed by atoms with van der Waals surface area (Å²) >= 11 is 0. The van der Waals surface area contributed by atoms with E-state index in [9.17, 15) is 18.0 Å². The minimum Gasteiger partial charge on any atom is -0.494 e. The van der Waals surface area contributed by atoms with Crippen molar-refractivity contribution < 1.29 is 22.7 Å². The zero-order valence-electron chi connectivity index (χ0n) is 25.4. The van der Waals surface area contributed by atoms with Gasteiger partial charge in [-0.25, -0.2) is 8.42 Å². The Kier molecular flexibility index (Phi) is 11.2. The molecule has 3 aromatic rings. The van der Waals surface area contributed by atoms with Crippen LogP contribution in [0.1, 0.15) is 63.5 Å². The number of benzene rings is 3. The first kappa shape index (κ1) is 32.1. The van der Waals surface area contributed by atoms with Gasteiger partial charge in [0.2, 0.25) is 11.8 Å². The Bertz CT molecular complexity index is 1450. The third kappa shape index (κ3) is 8.38. The van der Waals surface area contributed by atoms with Crippen molar-refractivity contribution in [3.05, 3.63) is 90.0 Å². The molecule has 4 rings (SSSR count). The fourth-order valence-electron chi connectivity index (χ4n) is 5.59. The molecule has 2 amide bonds. The number of carbonyl (C=O) groups excluding carboxylic acids is 2. The zero-order valence-corrected chi connectivity index (χ0v) is 26.2. The fourth-order valence-corrected chi connectivity index (χ4v) is 7.03. The molecule has 3 aromatic carbocycles. The number of aryl methyl sites for hydroxylation is 1. The van der Waals surface area contributed by atoms with E-state index in [1.54, 1.807) is 42.5 Å². The summed E-state index contributed by atoms with van der Waals surface area (Å²) in [6.07, 6.45) is 5.55. The monoisotopic (exact) mass is 605 g/mol. The second kappa shape index (κ2) is 15.0. The maximum Gasteiger partial charge on any atom is 0.264 e. The van der Waals surface area contributed by atoms with Crippen molar-refractivity contribution in [1.29, 1.82) is 0 Å². The first-order chi connectivity index (χ1) is 20.7. The minimum absolute atomic E-state index is 0.0731. The number of ether oxygens (including phenoxy) is 1. The third-order valence-electron chi connectivity index (χ3n) is 7.82. The molecule has 0 aliphatic heterocycles. The summed E-state index contributed by atoms with van der Waals surface area (Å²) in [6, 6.07) is 21.8. The summed E-state index contributed by atoms with van der Waals surface area (Å²) < 4.78 is 34.6. The lowest BCUT2D eigenvalue weighted by atomic mass is 9.95. The summed E-state index contributed by atoms with van der Waals surface area (Å²) in [5, 5.41) is 3.18. The number of hydrogen-bond acceptors (Lipinski definition) is 5. The molecular weight excluding hydrogens is 562 g/mol. The van der Waals surface area contributed by atoms with E-state index >= 15 is 0 Å². The highest BCUT2D eigenvalue weighted by atomic mass is 32.2. The molecule has 43 heavy (non-hydrogen) atoms. The van der Waals surface area contributed by atoms with Crippen LogP contribution >= 0.6 is 0 Å². The summed E-state index contributed by atoms with van der Waals surface area (Å²) in [4.78, 5) is 29.6. The molecule has 0 saturated heterocycles. The van der Waals surface area contributed by atoms with Gasteiger partial charge >= 0.3 is 0 Å². The lowest BCUT2D eigenvalue weighted by Gasteiger charge is -2.34. The van der Waals surface area contributed by atoms with Crippen molar-refractivity contribution in [1.82, 2.24) is 10.2 Å². The molecule has 230 valence electrons. The summed E-state index contributed by atoms with van der Waals surface area (Å²) in [7, 11) is -4.12. The molecule has 0 heterocycles. The second-order valence-corrected chi connectivity index (χ2v) is 12.9. The smallest absolute Gasteiger partial charge is 0.264 e. The van der Waals surface area contributed by atoms with Crippen LogP contribution in [0.4, 0.5) is 5.69 Å². The van der Waals surface area contributed by atoms with Gasteiger partial charge in [0.15, 0.2) is 0 Å².